The number of halogens is 1. The van der Waals surface area contributed by atoms with Crippen molar-refractivity contribution < 1.29 is 13.2 Å². The van der Waals surface area contributed by atoms with Gasteiger partial charge in [0.1, 0.15) is 0 Å². The Hall–Kier alpha value is -3.10. The van der Waals surface area contributed by atoms with Gasteiger partial charge in [0.2, 0.25) is 10.9 Å². The van der Waals surface area contributed by atoms with Gasteiger partial charge in [-0.2, -0.15) is 0 Å². The van der Waals surface area contributed by atoms with Gasteiger partial charge in [0.05, 0.1) is 17.1 Å². The fourth-order valence-corrected chi connectivity index (χ4v) is 3.77. The average Bonchev–Trinajstić information content (AvgIpc) is 2.71. The molecule has 2 N–H and O–H groups in total. The quantitative estimate of drug-likeness (QED) is 0.512. The van der Waals surface area contributed by atoms with Gasteiger partial charge >= 0.3 is 6.03 Å². The van der Waals surface area contributed by atoms with Crippen LogP contribution in [0.25, 0.3) is 6.08 Å². The van der Waals surface area contributed by atoms with Crippen molar-refractivity contribution in [2.45, 2.75) is 0 Å². The summed E-state index contributed by atoms with van der Waals surface area (Å²) in [5.41, 5.74) is 7.63. The number of hydrogen-bond donors (Lipinski definition) is 2. The molecule has 0 radical (unpaired) electrons. The summed E-state index contributed by atoms with van der Waals surface area (Å²) < 4.78 is 25.8. The summed E-state index contributed by atoms with van der Waals surface area (Å²) >= 11 is 3.42. The van der Waals surface area contributed by atoms with Crippen LogP contribution in [0.15, 0.2) is 89.5 Å². The number of hydrogen-bond acceptors (Lipinski definition) is 3. The Morgan fingerprint density at radius 2 is 1.38 bits per heavy atom. The molecule has 0 aliphatic rings. The van der Waals surface area contributed by atoms with Crippen molar-refractivity contribution in [1.82, 2.24) is 0 Å². The Balaban J connectivity index is 2.11. The number of amides is 2. The molecule has 0 aliphatic heterocycles. The van der Waals surface area contributed by atoms with Crippen LogP contribution < -0.4 is 14.9 Å². The Morgan fingerprint density at radius 3 is 1.97 bits per heavy atom. The highest BCUT2D eigenvalue weighted by Crippen LogP contribution is 2.38. The lowest BCUT2D eigenvalue weighted by atomic mass is 10.2. The Bertz CT molecular complexity index is 1110. The maximum absolute atomic E-state index is 12.3. The van der Waals surface area contributed by atoms with Gasteiger partial charge in [-0.3, -0.25) is 4.90 Å². The fourth-order valence-electron chi connectivity index (χ4n) is 2.79. The van der Waals surface area contributed by atoms with Gasteiger partial charge in [-0.15, -0.1) is 0 Å². The molecule has 148 valence electrons. The first-order chi connectivity index (χ1) is 14.0. The number of thiol groups is 1. The fraction of sp³-hybridized carbons (Fsp3) is 0. The van der Waals surface area contributed by atoms with Crippen molar-refractivity contribution in [3.63, 3.8) is 0 Å². The maximum atomic E-state index is 12.3. The molecule has 3 aromatic carbocycles. The van der Waals surface area contributed by atoms with Crippen LogP contribution in [-0.4, -0.2) is 14.4 Å². The molecule has 3 aromatic rings. The highest BCUT2D eigenvalue weighted by atomic mass is 79.9. The van der Waals surface area contributed by atoms with E-state index in [2.05, 4.69) is 15.9 Å². The van der Waals surface area contributed by atoms with Crippen LogP contribution in [-0.2, 0) is 10.9 Å². The van der Waals surface area contributed by atoms with Crippen molar-refractivity contribution in [1.29, 1.82) is 0 Å². The van der Waals surface area contributed by atoms with E-state index < -0.39 is 16.9 Å². The van der Waals surface area contributed by atoms with E-state index in [0.717, 1.165) is 9.87 Å². The Kier molecular flexibility index (Phi) is 6.69. The zero-order valence-corrected chi connectivity index (χ0v) is 17.7. The van der Waals surface area contributed by atoms with E-state index in [-0.39, 0.29) is 0 Å². The summed E-state index contributed by atoms with van der Waals surface area (Å²) in [6, 6.07) is 22.3. The molecule has 29 heavy (non-hydrogen) atoms. The van der Waals surface area contributed by atoms with Crippen LogP contribution in [0.1, 0.15) is 5.56 Å². The molecule has 0 unspecified atom stereocenters. The average molecular weight is 472 g/mol. The molecule has 8 heteroatoms. The van der Waals surface area contributed by atoms with Gasteiger partial charge < -0.3 is 5.73 Å². The summed E-state index contributed by atoms with van der Waals surface area (Å²) in [6.07, 6.45) is 3.12. The number of primary amides is 1. The highest BCUT2D eigenvalue weighted by Gasteiger charge is 2.23. The number of rotatable bonds is 6. The van der Waals surface area contributed by atoms with Gasteiger partial charge in [-0.1, -0.05) is 54.6 Å². The molecule has 0 spiro atoms. The molecule has 0 bridgehead atoms. The van der Waals surface area contributed by atoms with Crippen LogP contribution >= 0.6 is 15.9 Å². The first kappa shape index (κ1) is 20.6. The lowest BCUT2D eigenvalue weighted by Gasteiger charge is -2.26. The third kappa shape index (κ3) is 4.85. The molecule has 2 amide bonds. The van der Waals surface area contributed by atoms with E-state index in [1.54, 1.807) is 48.5 Å². The van der Waals surface area contributed by atoms with Crippen LogP contribution in [0.2, 0.25) is 0 Å². The largest absolute Gasteiger partial charge is 0.351 e. The van der Waals surface area contributed by atoms with E-state index in [9.17, 15) is 13.2 Å². The zero-order chi connectivity index (χ0) is 20.8. The first-order valence-corrected chi connectivity index (χ1v) is 10.5. The topological polar surface area (TPSA) is 83.7 Å². The summed E-state index contributed by atoms with van der Waals surface area (Å²) in [5.74, 6) is 0. The van der Waals surface area contributed by atoms with Gasteiger partial charge in [0.25, 0.3) is 0 Å². The summed E-state index contributed by atoms with van der Waals surface area (Å²) in [7, 11) is -3.02. The van der Waals surface area contributed by atoms with Crippen molar-refractivity contribution in [2.24, 2.45) is 5.73 Å². The van der Waals surface area contributed by atoms with Crippen LogP contribution in [0.5, 0.6) is 0 Å². The van der Waals surface area contributed by atoms with E-state index in [4.69, 9.17) is 5.73 Å². The third-order valence-electron chi connectivity index (χ3n) is 4.07. The number of carbonyl (C=O) groups is 1. The molecule has 3 rings (SSSR count). The second-order valence-electron chi connectivity index (χ2n) is 5.92. The Morgan fingerprint density at radius 1 is 0.828 bits per heavy atom. The molecule has 0 aromatic heterocycles. The number of para-hydroxylation sites is 3. The van der Waals surface area contributed by atoms with Crippen LogP contribution in [0.4, 0.5) is 21.9 Å². The second-order valence-corrected chi connectivity index (χ2v) is 7.68. The molecule has 0 saturated heterocycles. The first-order valence-electron chi connectivity index (χ1n) is 8.59. The molecular formula is C21H18BrN3O3S. The third-order valence-corrected chi connectivity index (χ3v) is 5.44. The molecule has 6 nitrogen and oxygen atoms in total. The highest BCUT2D eigenvalue weighted by molar-refractivity contribution is 9.10. The van der Waals surface area contributed by atoms with E-state index >= 15 is 0 Å². The monoisotopic (exact) mass is 471 g/mol. The van der Waals surface area contributed by atoms with Crippen molar-refractivity contribution in [2.75, 3.05) is 9.21 Å². The van der Waals surface area contributed by atoms with Gasteiger partial charge in [-0.25, -0.2) is 17.5 Å². The smallest absolute Gasteiger partial charge is 0.323 e. The SMILES string of the molecule is NC(=O)N(c1ccccc1Br)c1ccccc1N(C=Cc1ccccc1)[SH](=O)=O. The predicted molar refractivity (Wildman–Crippen MR) is 121 cm³/mol. The number of urea groups is 1. The number of nitrogens with zero attached hydrogens (tertiary/aromatic N) is 2. The lowest BCUT2D eigenvalue weighted by Crippen LogP contribution is -2.33. The molecule has 0 fully saturated rings. The van der Waals surface area contributed by atoms with Crippen LogP contribution in [0.3, 0.4) is 0 Å². The standard InChI is InChI=1S/C21H18BrN3O3S/c22-17-10-4-5-11-18(17)25(21(23)26)20-13-7-6-12-19(20)24(29(27)28)15-14-16-8-2-1-3-9-16/h1-15,29H,(H2,23,26). The zero-order valence-electron chi connectivity index (χ0n) is 15.2. The number of carbonyl (C=O) groups excluding carboxylic acids is 1. The minimum atomic E-state index is -3.02. The van der Waals surface area contributed by atoms with E-state index in [1.807, 2.05) is 36.4 Å². The minimum Gasteiger partial charge on any atom is -0.351 e. The van der Waals surface area contributed by atoms with Crippen molar-refractivity contribution in [3.05, 3.63) is 95.1 Å². The maximum Gasteiger partial charge on any atom is 0.323 e. The molecule has 0 saturated carbocycles. The predicted octanol–water partition coefficient (Wildman–Crippen LogP) is 4.67. The van der Waals surface area contributed by atoms with Crippen molar-refractivity contribution in [3.8, 4) is 0 Å². The van der Waals surface area contributed by atoms with E-state index in [1.165, 1.54) is 11.1 Å². The molecule has 0 heterocycles. The van der Waals surface area contributed by atoms with Crippen LogP contribution in [0, 0.1) is 0 Å². The van der Waals surface area contributed by atoms with Gasteiger partial charge in [0, 0.05) is 10.7 Å². The number of benzene rings is 3. The number of nitrogens with two attached hydrogens (primary N) is 1. The summed E-state index contributed by atoms with van der Waals surface area (Å²) in [6.45, 7) is 0. The van der Waals surface area contributed by atoms with Crippen molar-refractivity contribution >= 4 is 56.0 Å². The lowest BCUT2D eigenvalue weighted by molar-refractivity contribution is 0.256. The Labute approximate surface area is 179 Å². The number of anilines is 3. The minimum absolute atomic E-state index is 0.297. The summed E-state index contributed by atoms with van der Waals surface area (Å²) in [4.78, 5) is 13.6. The summed E-state index contributed by atoms with van der Waals surface area (Å²) in [5, 5.41) is 0. The molecule has 0 atom stereocenters. The molecular weight excluding hydrogens is 454 g/mol. The van der Waals surface area contributed by atoms with Gasteiger partial charge in [-0.05, 0) is 51.8 Å². The molecule has 0 aliphatic carbocycles. The van der Waals surface area contributed by atoms with E-state index in [0.29, 0.717) is 21.5 Å². The second kappa shape index (κ2) is 9.40. The normalized spacial score (nSPS) is 11.0. The van der Waals surface area contributed by atoms with Gasteiger partial charge in [0.15, 0.2) is 0 Å².